The molecule has 0 radical (unpaired) electrons. The van der Waals surface area contributed by atoms with E-state index in [1.165, 1.54) is 0 Å². The van der Waals surface area contributed by atoms with Gasteiger partial charge in [-0.15, -0.1) is 0 Å². The van der Waals surface area contributed by atoms with E-state index in [1.807, 2.05) is 34.6 Å². The number of nitrogens with zero attached hydrogens (tertiary/aromatic N) is 1. The molecule has 134 valence electrons. The molecule has 5 heteroatoms. The number of hydrogen-bond acceptors (Lipinski definition) is 5. The Labute approximate surface area is 141 Å². The molecule has 2 rings (SSSR count). The van der Waals surface area contributed by atoms with Crippen LogP contribution in [0.2, 0.25) is 0 Å². The van der Waals surface area contributed by atoms with Crippen LogP contribution in [-0.4, -0.2) is 36.0 Å². The predicted molar refractivity (Wildman–Crippen MR) is 95.4 cm³/mol. The fraction of sp³-hybridized carbons (Fsp3) is 0.778. The van der Waals surface area contributed by atoms with Gasteiger partial charge in [0.2, 0.25) is 0 Å². The first kappa shape index (κ1) is 21.6. The molecule has 5 nitrogen and oxygen atoms in total. The molecule has 1 aliphatic heterocycles. The molecule has 0 aromatic heterocycles. The lowest BCUT2D eigenvalue weighted by atomic mass is 9.81. The van der Waals surface area contributed by atoms with Gasteiger partial charge in [-0.1, -0.05) is 40.5 Å². The van der Waals surface area contributed by atoms with Crippen LogP contribution in [0, 0.1) is 5.41 Å². The first-order chi connectivity index (χ1) is 11.0. The Morgan fingerprint density at radius 2 is 1.96 bits per heavy atom. The molecule has 1 aliphatic carbocycles. The zero-order valence-electron chi connectivity index (χ0n) is 15.6. The topological polar surface area (TPSA) is 70.9 Å². The third-order valence-corrected chi connectivity index (χ3v) is 4.03. The summed E-state index contributed by atoms with van der Waals surface area (Å²) >= 11 is 0. The molecule has 0 spiro atoms. The number of aliphatic hydroxyl groups excluding tert-OH is 1. The largest absolute Gasteiger partial charge is 0.459 e. The SMILES string of the molecule is CC.CC.CC1C=NC(COC(=O)C2(C(C)O)CCCC2)=CN1. The summed E-state index contributed by atoms with van der Waals surface area (Å²) in [6.45, 7) is 11.8. The molecule has 1 heterocycles. The van der Waals surface area contributed by atoms with E-state index < -0.39 is 11.5 Å². The van der Waals surface area contributed by atoms with Gasteiger partial charge in [-0.25, -0.2) is 0 Å². The van der Waals surface area contributed by atoms with E-state index in [0.717, 1.165) is 12.8 Å². The monoisotopic (exact) mass is 326 g/mol. The summed E-state index contributed by atoms with van der Waals surface area (Å²) < 4.78 is 5.34. The Balaban J connectivity index is 0.00000112. The molecule has 0 amide bonds. The minimum Gasteiger partial charge on any atom is -0.459 e. The lowest BCUT2D eigenvalue weighted by molar-refractivity contribution is -0.161. The fourth-order valence-electron chi connectivity index (χ4n) is 2.68. The fourth-order valence-corrected chi connectivity index (χ4v) is 2.68. The number of esters is 1. The highest BCUT2D eigenvalue weighted by molar-refractivity contribution is 5.78. The van der Waals surface area contributed by atoms with Crippen molar-refractivity contribution in [2.24, 2.45) is 10.4 Å². The maximum Gasteiger partial charge on any atom is 0.315 e. The first-order valence-electron chi connectivity index (χ1n) is 8.89. The Bertz CT molecular complexity index is 397. The van der Waals surface area contributed by atoms with E-state index in [4.69, 9.17) is 4.74 Å². The van der Waals surface area contributed by atoms with Crippen molar-refractivity contribution in [2.75, 3.05) is 6.61 Å². The van der Waals surface area contributed by atoms with Crippen LogP contribution in [-0.2, 0) is 9.53 Å². The molecule has 2 unspecified atom stereocenters. The van der Waals surface area contributed by atoms with Gasteiger partial charge in [-0.2, -0.15) is 0 Å². The number of carbonyl (C=O) groups is 1. The molecule has 0 bridgehead atoms. The average molecular weight is 326 g/mol. The maximum atomic E-state index is 12.2. The minimum absolute atomic E-state index is 0.156. The molecular weight excluding hydrogens is 292 g/mol. The molecule has 2 N–H and O–H groups in total. The minimum atomic E-state index is -0.709. The number of ether oxygens (including phenoxy) is 1. The average Bonchev–Trinajstić information content (AvgIpc) is 3.09. The van der Waals surface area contributed by atoms with Crippen molar-refractivity contribution < 1.29 is 14.6 Å². The molecule has 0 aromatic rings. The van der Waals surface area contributed by atoms with E-state index in [9.17, 15) is 9.90 Å². The second-order valence-electron chi connectivity index (χ2n) is 5.48. The van der Waals surface area contributed by atoms with Gasteiger partial charge in [0, 0.05) is 12.4 Å². The van der Waals surface area contributed by atoms with Crippen LogP contribution >= 0.6 is 0 Å². The Morgan fingerprint density at radius 3 is 2.39 bits per heavy atom. The van der Waals surface area contributed by atoms with Gasteiger partial charge in [-0.05, 0) is 26.7 Å². The van der Waals surface area contributed by atoms with Gasteiger partial charge in [0.1, 0.15) is 6.61 Å². The van der Waals surface area contributed by atoms with E-state index in [0.29, 0.717) is 18.5 Å². The summed E-state index contributed by atoms with van der Waals surface area (Å²) in [6, 6.07) is 0.207. The summed E-state index contributed by atoms with van der Waals surface area (Å²) in [4.78, 5) is 16.4. The standard InChI is InChI=1S/C14H22N2O3.2C2H6/c1-10-7-16-12(8-15-10)9-19-13(18)14(11(2)17)5-3-4-6-14;2*1-2/h7-8,10-11,15,17H,3-6,9H2,1-2H3;2*1-2H3. The number of aliphatic hydroxyl groups is 1. The van der Waals surface area contributed by atoms with Crippen LogP contribution in [0.25, 0.3) is 0 Å². The van der Waals surface area contributed by atoms with Crippen LogP contribution in [0.5, 0.6) is 0 Å². The zero-order chi connectivity index (χ0) is 17.9. The Hall–Kier alpha value is -1.36. The molecule has 2 atom stereocenters. The van der Waals surface area contributed by atoms with Crippen molar-refractivity contribution in [2.45, 2.75) is 79.4 Å². The quantitative estimate of drug-likeness (QED) is 0.777. The lowest BCUT2D eigenvalue weighted by Gasteiger charge is -2.29. The summed E-state index contributed by atoms with van der Waals surface area (Å²) in [7, 11) is 0. The van der Waals surface area contributed by atoms with Crippen LogP contribution < -0.4 is 5.32 Å². The predicted octanol–water partition coefficient (Wildman–Crippen LogP) is 3.43. The van der Waals surface area contributed by atoms with Crippen LogP contribution in [0.4, 0.5) is 0 Å². The molecule has 23 heavy (non-hydrogen) atoms. The summed E-state index contributed by atoms with van der Waals surface area (Å²) in [5.41, 5.74) is -0.00942. The highest BCUT2D eigenvalue weighted by Crippen LogP contribution is 2.42. The number of nitrogens with one attached hydrogen (secondary N) is 1. The normalized spacial score (nSPS) is 22.4. The van der Waals surface area contributed by atoms with E-state index >= 15 is 0 Å². The summed E-state index contributed by atoms with van der Waals surface area (Å²) in [5, 5.41) is 13.0. The van der Waals surface area contributed by atoms with Crippen molar-refractivity contribution in [1.82, 2.24) is 5.32 Å². The second-order valence-corrected chi connectivity index (χ2v) is 5.48. The molecular formula is C18H34N2O3. The highest BCUT2D eigenvalue weighted by atomic mass is 16.5. The lowest BCUT2D eigenvalue weighted by Crippen LogP contribution is -2.40. The van der Waals surface area contributed by atoms with Crippen LogP contribution in [0.1, 0.15) is 67.2 Å². The van der Waals surface area contributed by atoms with Gasteiger partial charge in [-0.3, -0.25) is 9.79 Å². The van der Waals surface area contributed by atoms with E-state index in [-0.39, 0.29) is 18.6 Å². The Kier molecular flexibility index (Phi) is 10.6. The molecule has 2 aliphatic rings. The smallest absolute Gasteiger partial charge is 0.315 e. The van der Waals surface area contributed by atoms with E-state index in [2.05, 4.69) is 10.3 Å². The third-order valence-electron chi connectivity index (χ3n) is 4.03. The van der Waals surface area contributed by atoms with Crippen molar-refractivity contribution in [1.29, 1.82) is 0 Å². The number of hydrogen-bond donors (Lipinski definition) is 2. The summed E-state index contributed by atoms with van der Waals surface area (Å²) in [6.07, 6.45) is 6.25. The van der Waals surface area contributed by atoms with Gasteiger partial charge < -0.3 is 15.2 Å². The van der Waals surface area contributed by atoms with Crippen LogP contribution in [0.3, 0.4) is 0 Å². The molecule has 1 fully saturated rings. The van der Waals surface area contributed by atoms with Crippen molar-refractivity contribution in [3.05, 3.63) is 11.9 Å². The number of aliphatic imine (C=N–C) groups is 1. The van der Waals surface area contributed by atoms with Crippen molar-refractivity contribution in [3.63, 3.8) is 0 Å². The molecule has 0 saturated heterocycles. The Morgan fingerprint density at radius 1 is 1.39 bits per heavy atom. The van der Waals surface area contributed by atoms with Gasteiger partial charge in [0.25, 0.3) is 0 Å². The van der Waals surface area contributed by atoms with Gasteiger partial charge in [0.15, 0.2) is 0 Å². The second kappa shape index (κ2) is 11.2. The van der Waals surface area contributed by atoms with E-state index in [1.54, 1.807) is 19.3 Å². The van der Waals surface area contributed by atoms with Gasteiger partial charge in [0.05, 0.1) is 23.3 Å². The molecule has 1 saturated carbocycles. The van der Waals surface area contributed by atoms with Crippen molar-refractivity contribution in [3.8, 4) is 0 Å². The maximum absolute atomic E-state index is 12.2. The number of carbonyl (C=O) groups excluding carboxylic acids is 1. The zero-order valence-corrected chi connectivity index (χ0v) is 15.6. The molecule has 0 aromatic carbocycles. The first-order valence-corrected chi connectivity index (χ1v) is 8.89. The number of rotatable bonds is 4. The summed E-state index contributed by atoms with van der Waals surface area (Å²) in [5.74, 6) is -0.297. The highest BCUT2D eigenvalue weighted by Gasteiger charge is 2.46. The van der Waals surface area contributed by atoms with Crippen LogP contribution in [0.15, 0.2) is 16.9 Å². The van der Waals surface area contributed by atoms with Gasteiger partial charge >= 0.3 is 5.97 Å². The third kappa shape index (κ3) is 5.98. The van der Waals surface area contributed by atoms with Crippen molar-refractivity contribution >= 4 is 12.2 Å².